The number of ether oxygens (including phenoxy) is 2. The monoisotopic (exact) mass is 307 g/mol. The van der Waals surface area contributed by atoms with Gasteiger partial charge in [0.2, 0.25) is 0 Å². The van der Waals surface area contributed by atoms with Crippen molar-refractivity contribution in [2.24, 2.45) is 0 Å². The second-order valence-electron chi connectivity index (χ2n) is 4.33. The minimum absolute atomic E-state index is 0.0870. The van der Waals surface area contributed by atoms with Gasteiger partial charge in [0.05, 0.1) is 12.0 Å². The van der Waals surface area contributed by atoms with E-state index < -0.39 is 4.92 Å². The fourth-order valence-corrected chi connectivity index (χ4v) is 2.00. The van der Waals surface area contributed by atoms with Gasteiger partial charge in [0, 0.05) is 11.9 Å². The number of rotatable bonds is 6. The molecule has 0 aliphatic heterocycles. The van der Waals surface area contributed by atoms with Gasteiger partial charge < -0.3 is 9.47 Å². The van der Waals surface area contributed by atoms with Crippen molar-refractivity contribution >= 4 is 17.3 Å². The molecule has 0 heterocycles. The highest BCUT2D eigenvalue weighted by atomic mass is 35.5. The predicted octanol–water partition coefficient (Wildman–Crippen LogP) is 3.92. The molecule has 2 aromatic rings. The molecule has 2 aromatic carbocycles. The standard InChI is InChI=1S/C15H14ClNO4/c1-20-13-4-2-3-12(7-13)10-21-15-6-5-11(9-16)8-14(15)17(18)19/h2-8H,9-10H2,1H3. The Balaban J connectivity index is 2.17. The number of halogens is 1. The number of hydrogen-bond donors (Lipinski definition) is 0. The van der Waals surface area contributed by atoms with E-state index in [0.29, 0.717) is 11.3 Å². The second kappa shape index (κ2) is 6.95. The molecule has 0 radical (unpaired) electrons. The van der Waals surface area contributed by atoms with Crippen LogP contribution in [0.15, 0.2) is 42.5 Å². The van der Waals surface area contributed by atoms with Crippen LogP contribution < -0.4 is 9.47 Å². The third kappa shape index (κ3) is 3.86. The maximum Gasteiger partial charge on any atom is 0.311 e. The van der Waals surface area contributed by atoms with Gasteiger partial charge in [-0.3, -0.25) is 10.1 Å². The van der Waals surface area contributed by atoms with Gasteiger partial charge in [0.15, 0.2) is 5.75 Å². The number of nitrogens with zero attached hydrogens (tertiary/aromatic N) is 1. The van der Waals surface area contributed by atoms with E-state index in [4.69, 9.17) is 21.1 Å². The summed E-state index contributed by atoms with van der Waals surface area (Å²) in [5, 5.41) is 11.1. The summed E-state index contributed by atoms with van der Waals surface area (Å²) in [5.41, 5.74) is 1.46. The normalized spacial score (nSPS) is 10.2. The van der Waals surface area contributed by atoms with E-state index >= 15 is 0 Å². The first-order valence-electron chi connectivity index (χ1n) is 6.23. The number of alkyl halides is 1. The SMILES string of the molecule is COc1cccc(COc2ccc(CCl)cc2[N+](=O)[O-])c1. The van der Waals surface area contributed by atoms with Crippen LogP contribution in [-0.2, 0) is 12.5 Å². The molecule has 6 heteroatoms. The van der Waals surface area contributed by atoms with E-state index in [2.05, 4.69) is 0 Å². The van der Waals surface area contributed by atoms with E-state index in [1.54, 1.807) is 19.2 Å². The molecule has 0 aromatic heterocycles. The fourth-order valence-electron chi connectivity index (χ4n) is 1.83. The minimum Gasteiger partial charge on any atom is -0.497 e. The minimum atomic E-state index is -0.475. The Labute approximate surface area is 127 Å². The van der Waals surface area contributed by atoms with Crippen LogP contribution in [0.5, 0.6) is 11.5 Å². The fraction of sp³-hybridized carbons (Fsp3) is 0.200. The Kier molecular flexibility index (Phi) is 5.00. The van der Waals surface area contributed by atoms with Crippen LogP contribution >= 0.6 is 11.6 Å². The summed E-state index contributed by atoms with van der Waals surface area (Å²) in [4.78, 5) is 10.6. The van der Waals surface area contributed by atoms with Gasteiger partial charge >= 0.3 is 5.69 Å². The van der Waals surface area contributed by atoms with Crippen molar-refractivity contribution in [1.82, 2.24) is 0 Å². The van der Waals surface area contributed by atoms with Crippen molar-refractivity contribution < 1.29 is 14.4 Å². The number of nitro benzene ring substituents is 1. The zero-order chi connectivity index (χ0) is 15.2. The molecule has 0 bridgehead atoms. The molecule has 0 aliphatic carbocycles. The topological polar surface area (TPSA) is 61.6 Å². The Bertz CT molecular complexity index is 645. The summed E-state index contributed by atoms with van der Waals surface area (Å²) in [6.45, 7) is 0.220. The Morgan fingerprint density at radius 2 is 2.00 bits per heavy atom. The van der Waals surface area contributed by atoms with Gasteiger partial charge in [0.1, 0.15) is 12.4 Å². The summed E-state index contributed by atoms with van der Waals surface area (Å²) in [6, 6.07) is 12.0. The first-order chi connectivity index (χ1) is 10.1. The van der Waals surface area contributed by atoms with Crippen LogP contribution in [-0.4, -0.2) is 12.0 Å². The van der Waals surface area contributed by atoms with E-state index in [1.807, 2.05) is 24.3 Å². The summed E-state index contributed by atoms with van der Waals surface area (Å²) >= 11 is 5.68. The highest BCUT2D eigenvalue weighted by Gasteiger charge is 2.16. The largest absolute Gasteiger partial charge is 0.497 e. The third-order valence-corrected chi connectivity index (χ3v) is 3.21. The van der Waals surface area contributed by atoms with E-state index in [1.165, 1.54) is 6.07 Å². The van der Waals surface area contributed by atoms with Gasteiger partial charge in [-0.2, -0.15) is 0 Å². The van der Waals surface area contributed by atoms with Crippen molar-refractivity contribution in [3.8, 4) is 11.5 Å². The Morgan fingerprint density at radius 3 is 2.67 bits per heavy atom. The zero-order valence-corrected chi connectivity index (χ0v) is 12.2. The predicted molar refractivity (Wildman–Crippen MR) is 80.0 cm³/mol. The molecule has 0 atom stereocenters. The highest BCUT2D eigenvalue weighted by Crippen LogP contribution is 2.29. The van der Waals surface area contributed by atoms with E-state index in [-0.39, 0.29) is 23.9 Å². The molecule has 5 nitrogen and oxygen atoms in total. The van der Waals surface area contributed by atoms with Gasteiger partial charge in [-0.05, 0) is 29.3 Å². The summed E-state index contributed by atoms with van der Waals surface area (Å²) < 4.78 is 10.7. The maximum atomic E-state index is 11.1. The second-order valence-corrected chi connectivity index (χ2v) is 4.60. The smallest absolute Gasteiger partial charge is 0.311 e. The molecule has 0 amide bonds. The molecule has 0 spiro atoms. The summed E-state index contributed by atoms with van der Waals surface area (Å²) in [7, 11) is 1.58. The molecule has 0 saturated heterocycles. The first-order valence-corrected chi connectivity index (χ1v) is 6.76. The molecule has 0 unspecified atom stereocenters. The summed E-state index contributed by atoms with van der Waals surface area (Å²) in [5.74, 6) is 1.15. The van der Waals surface area contributed by atoms with Gasteiger partial charge in [-0.15, -0.1) is 11.6 Å². The average Bonchev–Trinajstić information content (AvgIpc) is 2.52. The summed E-state index contributed by atoms with van der Waals surface area (Å²) in [6.07, 6.45) is 0. The molecule has 0 aliphatic rings. The Hall–Kier alpha value is -2.27. The lowest BCUT2D eigenvalue weighted by Crippen LogP contribution is -2.00. The lowest BCUT2D eigenvalue weighted by molar-refractivity contribution is -0.386. The molecule has 0 fully saturated rings. The number of nitro groups is 1. The van der Waals surface area contributed by atoms with Crippen LogP contribution in [0, 0.1) is 10.1 Å². The van der Waals surface area contributed by atoms with Crippen LogP contribution in [0.4, 0.5) is 5.69 Å². The number of hydrogen-bond acceptors (Lipinski definition) is 4. The third-order valence-electron chi connectivity index (χ3n) is 2.90. The van der Waals surface area contributed by atoms with Crippen LogP contribution in [0.1, 0.15) is 11.1 Å². The number of methoxy groups -OCH3 is 1. The van der Waals surface area contributed by atoms with Gasteiger partial charge in [-0.25, -0.2) is 0 Å². The van der Waals surface area contributed by atoms with Crippen molar-refractivity contribution in [2.75, 3.05) is 7.11 Å². The van der Waals surface area contributed by atoms with E-state index in [0.717, 1.165) is 5.56 Å². The van der Waals surface area contributed by atoms with Crippen molar-refractivity contribution in [3.05, 3.63) is 63.7 Å². The average molecular weight is 308 g/mol. The molecular weight excluding hydrogens is 294 g/mol. The van der Waals surface area contributed by atoms with Gasteiger partial charge in [0.25, 0.3) is 0 Å². The number of benzene rings is 2. The van der Waals surface area contributed by atoms with Gasteiger partial charge in [-0.1, -0.05) is 18.2 Å². The van der Waals surface area contributed by atoms with Crippen LogP contribution in [0.3, 0.4) is 0 Å². The van der Waals surface area contributed by atoms with Crippen molar-refractivity contribution in [2.45, 2.75) is 12.5 Å². The highest BCUT2D eigenvalue weighted by molar-refractivity contribution is 6.17. The van der Waals surface area contributed by atoms with E-state index in [9.17, 15) is 10.1 Å². The molecule has 21 heavy (non-hydrogen) atoms. The quantitative estimate of drug-likeness (QED) is 0.461. The maximum absolute atomic E-state index is 11.1. The molecule has 0 saturated carbocycles. The molecule has 110 valence electrons. The molecule has 0 N–H and O–H groups in total. The zero-order valence-electron chi connectivity index (χ0n) is 11.4. The first kappa shape index (κ1) is 15.1. The molecule has 2 rings (SSSR count). The van der Waals surface area contributed by atoms with Crippen LogP contribution in [0.25, 0.3) is 0 Å². The lowest BCUT2D eigenvalue weighted by atomic mass is 10.2. The lowest BCUT2D eigenvalue weighted by Gasteiger charge is -2.08. The Morgan fingerprint density at radius 1 is 1.19 bits per heavy atom. The van der Waals surface area contributed by atoms with Crippen molar-refractivity contribution in [1.29, 1.82) is 0 Å². The molecular formula is C15H14ClNO4. The van der Waals surface area contributed by atoms with Crippen molar-refractivity contribution in [3.63, 3.8) is 0 Å². The van der Waals surface area contributed by atoms with Crippen LogP contribution in [0.2, 0.25) is 0 Å².